The van der Waals surface area contributed by atoms with Crippen LogP contribution in [0.5, 0.6) is 11.5 Å². The highest BCUT2D eigenvalue weighted by Crippen LogP contribution is 2.34. The number of piperidine rings is 1. The molecule has 5 heteroatoms. The van der Waals surface area contributed by atoms with Crippen molar-refractivity contribution in [1.82, 2.24) is 9.80 Å². The van der Waals surface area contributed by atoms with Gasteiger partial charge in [0.2, 0.25) is 0 Å². The maximum Gasteiger partial charge on any atom is 0.254 e. The molecule has 1 aliphatic heterocycles. The van der Waals surface area contributed by atoms with Crippen LogP contribution in [0.25, 0.3) is 0 Å². The number of methoxy groups -OCH3 is 1. The van der Waals surface area contributed by atoms with Gasteiger partial charge in [-0.15, -0.1) is 0 Å². The first-order valence-electron chi connectivity index (χ1n) is 9.41. The number of phenolic OH excluding ortho intramolecular Hbond substituents is 1. The van der Waals surface area contributed by atoms with Crippen LogP contribution < -0.4 is 4.74 Å². The third-order valence-corrected chi connectivity index (χ3v) is 5.05. The molecule has 0 spiro atoms. The summed E-state index contributed by atoms with van der Waals surface area (Å²) in [6.45, 7) is 1.63. The Bertz CT molecular complexity index is 787. The van der Waals surface area contributed by atoms with Crippen LogP contribution in [-0.4, -0.2) is 48.6 Å². The number of carbonyl (C=O) groups is 1. The number of rotatable bonds is 5. The molecule has 1 aliphatic rings. The van der Waals surface area contributed by atoms with Gasteiger partial charge >= 0.3 is 0 Å². The van der Waals surface area contributed by atoms with E-state index in [2.05, 4.69) is 43.3 Å². The third-order valence-electron chi connectivity index (χ3n) is 5.05. The molecule has 3 rings (SSSR count). The minimum Gasteiger partial charge on any atom is -0.504 e. The van der Waals surface area contributed by atoms with E-state index in [0.29, 0.717) is 11.3 Å². The molecular formula is C22H28N2O3. The van der Waals surface area contributed by atoms with Crippen molar-refractivity contribution in [3.63, 3.8) is 0 Å². The fraction of sp³-hybridized carbons (Fsp3) is 0.409. The molecule has 2 aromatic rings. The molecule has 1 amide bonds. The molecule has 0 aliphatic carbocycles. The van der Waals surface area contributed by atoms with E-state index in [0.717, 1.165) is 32.4 Å². The highest BCUT2D eigenvalue weighted by atomic mass is 16.5. The second kappa shape index (κ2) is 8.44. The second-order valence-electron chi connectivity index (χ2n) is 7.38. The molecule has 27 heavy (non-hydrogen) atoms. The van der Waals surface area contributed by atoms with Crippen LogP contribution in [0, 0.1) is 0 Å². The minimum absolute atomic E-state index is 0.00931. The first-order chi connectivity index (χ1) is 13.0. The number of hydrogen-bond acceptors (Lipinski definition) is 4. The van der Waals surface area contributed by atoms with Crippen molar-refractivity contribution in [2.24, 2.45) is 0 Å². The normalized spacial score (nSPS) is 17.2. The lowest BCUT2D eigenvalue weighted by Gasteiger charge is -2.36. The van der Waals surface area contributed by atoms with Gasteiger partial charge in [-0.1, -0.05) is 24.3 Å². The van der Waals surface area contributed by atoms with Gasteiger partial charge in [0, 0.05) is 18.7 Å². The number of aromatic hydroxyl groups is 1. The Balaban J connectivity index is 1.82. The van der Waals surface area contributed by atoms with Crippen molar-refractivity contribution in [1.29, 1.82) is 0 Å². The van der Waals surface area contributed by atoms with Crippen LogP contribution in [0.15, 0.2) is 42.5 Å². The summed E-state index contributed by atoms with van der Waals surface area (Å²) in [7, 11) is 5.61. The SMILES string of the molecule is COc1ccc(C(=O)N2CCCC[C@H]2c2ccc(CN(C)C)cc2)cc1O. The Morgan fingerprint density at radius 1 is 1.19 bits per heavy atom. The van der Waals surface area contributed by atoms with Crippen LogP contribution in [0.3, 0.4) is 0 Å². The van der Waals surface area contributed by atoms with Crippen molar-refractivity contribution in [2.45, 2.75) is 31.8 Å². The van der Waals surface area contributed by atoms with Crippen LogP contribution >= 0.6 is 0 Å². The van der Waals surface area contributed by atoms with E-state index in [9.17, 15) is 9.90 Å². The number of ether oxygens (including phenoxy) is 1. The van der Waals surface area contributed by atoms with E-state index >= 15 is 0 Å². The second-order valence-corrected chi connectivity index (χ2v) is 7.38. The van der Waals surface area contributed by atoms with Crippen molar-refractivity contribution >= 4 is 5.91 Å². The number of likely N-dealkylation sites (tertiary alicyclic amines) is 1. The van der Waals surface area contributed by atoms with E-state index in [-0.39, 0.29) is 17.7 Å². The molecular weight excluding hydrogens is 340 g/mol. The number of nitrogens with zero attached hydrogens (tertiary/aromatic N) is 2. The van der Waals surface area contributed by atoms with Gasteiger partial charge in [-0.05, 0) is 62.7 Å². The van der Waals surface area contributed by atoms with Gasteiger partial charge in [0.05, 0.1) is 13.2 Å². The molecule has 0 unspecified atom stereocenters. The maximum absolute atomic E-state index is 13.1. The molecule has 2 aromatic carbocycles. The number of amides is 1. The highest BCUT2D eigenvalue weighted by Gasteiger charge is 2.29. The summed E-state index contributed by atoms with van der Waals surface area (Å²) in [5.74, 6) is 0.318. The Kier molecular flexibility index (Phi) is 6.01. The van der Waals surface area contributed by atoms with E-state index in [1.165, 1.54) is 24.3 Å². The first-order valence-corrected chi connectivity index (χ1v) is 9.41. The van der Waals surface area contributed by atoms with Crippen LogP contribution in [0.1, 0.15) is 46.8 Å². The van der Waals surface area contributed by atoms with E-state index in [1.807, 2.05) is 4.90 Å². The standard InChI is InChI=1S/C22H28N2O3/c1-23(2)15-16-7-9-17(10-8-16)19-6-4-5-13-24(19)22(26)18-11-12-21(27-3)20(25)14-18/h7-12,14,19,25H,4-6,13,15H2,1-3H3/t19-/m0/s1. The maximum atomic E-state index is 13.1. The van der Waals surface area contributed by atoms with Crippen LogP contribution in [0.2, 0.25) is 0 Å². The zero-order chi connectivity index (χ0) is 19.4. The summed E-state index contributed by atoms with van der Waals surface area (Å²) in [6.07, 6.45) is 3.08. The number of phenols is 1. The molecule has 1 saturated heterocycles. The average molecular weight is 368 g/mol. The lowest BCUT2D eigenvalue weighted by atomic mass is 9.93. The molecule has 1 heterocycles. The molecule has 1 N–H and O–H groups in total. The summed E-state index contributed by atoms with van der Waals surface area (Å²) in [5.41, 5.74) is 2.92. The zero-order valence-corrected chi connectivity index (χ0v) is 16.3. The predicted octanol–water partition coefficient (Wildman–Crippen LogP) is 3.83. The van der Waals surface area contributed by atoms with Crippen molar-refractivity contribution in [2.75, 3.05) is 27.7 Å². The van der Waals surface area contributed by atoms with Gasteiger partial charge in [0.25, 0.3) is 5.91 Å². The average Bonchev–Trinajstić information content (AvgIpc) is 2.67. The monoisotopic (exact) mass is 368 g/mol. The Labute approximate surface area is 161 Å². The summed E-state index contributed by atoms with van der Waals surface area (Å²) in [6, 6.07) is 13.5. The van der Waals surface area contributed by atoms with Gasteiger partial charge in [-0.25, -0.2) is 0 Å². The summed E-state index contributed by atoms with van der Waals surface area (Å²) < 4.78 is 5.08. The summed E-state index contributed by atoms with van der Waals surface area (Å²) in [4.78, 5) is 17.2. The zero-order valence-electron chi connectivity index (χ0n) is 16.3. The lowest BCUT2D eigenvalue weighted by Crippen LogP contribution is -2.38. The first kappa shape index (κ1) is 19.2. The van der Waals surface area contributed by atoms with E-state index < -0.39 is 0 Å². The minimum atomic E-state index is -0.0463. The fourth-order valence-electron chi connectivity index (χ4n) is 3.72. The third kappa shape index (κ3) is 4.42. The number of hydrogen-bond donors (Lipinski definition) is 1. The van der Waals surface area contributed by atoms with Crippen LogP contribution in [-0.2, 0) is 6.54 Å². The number of carbonyl (C=O) groups excluding carboxylic acids is 1. The quantitative estimate of drug-likeness (QED) is 0.871. The van der Waals surface area contributed by atoms with Crippen LogP contribution in [0.4, 0.5) is 0 Å². The molecule has 0 saturated carbocycles. The molecule has 0 radical (unpaired) electrons. The molecule has 1 atom stereocenters. The Morgan fingerprint density at radius 2 is 1.93 bits per heavy atom. The Morgan fingerprint density at radius 3 is 2.56 bits per heavy atom. The lowest BCUT2D eigenvalue weighted by molar-refractivity contribution is 0.0611. The molecule has 5 nitrogen and oxygen atoms in total. The largest absolute Gasteiger partial charge is 0.504 e. The van der Waals surface area contributed by atoms with Gasteiger partial charge < -0.3 is 19.6 Å². The van der Waals surface area contributed by atoms with Crippen molar-refractivity contribution in [3.05, 3.63) is 59.2 Å². The van der Waals surface area contributed by atoms with Gasteiger partial charge in [0.15, 0.2) is 11.5 Å². The van der Waals surface area contributed by atoms with Crippen molar-refractivity contribution in [3.8, 4) is 11.5 Å². The summed E-state index contributed by atoms with van der Waals surface area (Å²) in [5, 5.41) is 10.0. The topological polar surface area (TPSA) is 53.0 Å². The molecule has 0 aromatic heterocycles. The van der Waals surface area contributed by atoms with Gasteiger partial charge in [-0.3, -0.25) is 4.79 Å². The number of benzene rings is 2. The van der Waals surface area contributed by atoms with Crippen molar-refractivity contribution < 1.29 is 14.6 Å². The van der Waals surface area contributed by atoms with E-state index in [4.69, 9.17) is 4.74 Å². The predicted molar refractivity (Wildman–Crippen MR) is 106 cm³/mol. The Hall–Kier alpha value is -2.53. The van der Waals surface area contributed by atoms with Gasteiger partial charge in [-0.2, -0.15) is 0 Å². The fourth-order valence-corrected chi connectivity index (χ4v) is 3.72. The molecule has 1 fully saturated rings. The van der Waals surface area contributed by atoms with Gasteiger partial charge in [0.1, 0.15) is 0 Å². The smallest absolute Gasteiger partial charge is 0.254 e. The van der Waals surface area contributed by atoms with E-state index in [1.54, 1.807) is 12.1 Å². The summed E-state index contributed by atoms with van der Waals surface area (Å²) >= 11 is 0. The highest BCUT2D eigenvalue weighted by molar-refractivity contribution is 5.95. The molecule has 144 valence electrons. The molecule has 0 bridgehead atoms.